The fourth-order valence-electron chi connectivity index (χ4n) is 2.74. The summed E-state index contributed by atoms with van der Waals surface area (Å²) in [4.78, 5) is 13.4. The Bertz CT molecular complexity index is 457. The number of alkyl halides is 2. The van der Waals surface area contributed by atoms with Crippen LogP contribution < -0.4 is 5.32 Å². The van der Waals surface area contributed by atoms with Crippen molar-refractivity contribution >= 4 is 5.91 Å². The van der Waals surface area contributed by atoms with Gasteiger partial charge in [-0.3, -0.25) is 4.79 Å². The number of nitrogens with zero attached hydrogens (tertiary/aromatic N) is 1. The Hall–Kier alpha value is -1.49. The van der Waals surface area contributed by atoms with Gasteiger partial charge in [-0.15, -0.1) is 0 Å². The average molecular weight is 296 g/mol. The molecule has 0 aliphatic carbocycles. The molecule has 0 spiro atoms. The fourth-order valence-corrected chi connectivity index (χ4v) is 2.74. The van der Waals surface area contributed by atoms with Gasteiger partial charge in [0.25, 0.3) is 5.91 Å². The number of likely N-dealkylation sites (tertiary alicyclic amines) is 1. The van der Waals surface area contributed by atoms with Crippen LogP contribution in [0.25, 0.3) is 0 Å². The number of piperidine rings is 1. The van der Waals surface area contributed by atoms with Crippen LogP contribution in [0.3, 0.4) is 0 Å². The molecule has 1 fully saturated rings. The summed E-state index contributed by atoms with van der Waals surface area (Å²) in [6.45, 7) is 1.78. The van der Waals surface area contributed by atoms with Gasteiger partial charge in [-0.25, -0.2) is 0 Å². The van der Waals surface area contributed by atoms with Gasteiger partial charge in [0.15, 0.2) is 0 Å². The molecule has 1 aromatic carbocycles. The lowest BCUT2D eigenvalue weighted by atomic mass is 9.93. The first-order valence-corrected chi connectivity index (χ1v) is 7.43. The van der Waals surface area contributed by atoms with Crippen molar-refractivity contribution in [3.8, 4) is 0 Å². The molecule has 1 heterocycles. The van der Waals surface area contributed by atoms with E-state index in [2.05, 4.69) is 5.32 Å². The van der Waals surface area contributed by atoms with Crippen LogP contribution in [0.4, 0.5) is 8.78 Å². The summed E-state index contributed by atoms with van der Waals surface area (Å²) in [5.74, 6) is -3.98. The first-order chi connectivity index (χ1) is 10.1. The Kier molecular flexibility index (Phi) is 5.28. The molecule has 5 heteroatoms. The highest BCUT2D eigenvalue weighted by Gasteiger charge is 2.44. The highest BCUT2D eigenvalue weighted by Crippen LogP contribution is 2.32. The third-order valence-corrected chi connectivity index (χ3v) is 4.11. The minimum atomic E-state index is -3.43. The zero-order chi connectivity index (χ0) is 15.3. The third kappa shape index (κ3) is 3.79. The number of carbonyl (C=O) groups is 1. The van der Waals surface area contributed by atoms with Gasteiger partial charge in [0.1, 0.15) is 0 Å². The van der Waals surface area contributed by atoms with E-state index in [1.807, 2.05) is 7.05 Å². The summed E-state index contributed by atoms with van der Waals surface area (Å²) in [6, 6.07) is 7.33. The summed E-state index contributed by atoms with van der Waals surface area (Å²) in [7, 11) is 1.90. The van der Waals surface area contributed by atoms with E-state index in [4.69, 9.17) is 0 Å². The van der Waals surface area contributed by atoms with E-state index in [1.54, 1.807) is 6.07 Å². The second kappa shape index (κ2) is 6.98. The number of hydrogen-bond acceptors (Lipinski definition) is 2. The molecule has 3 nitrogen and oxygen atoms in total. The van der Waals surface area contributed by atoms with Crippen LogP contribution >= 0.6 is 0 Å². The van der Waals surface area contributed by atoms with Crippen molar-refractivity contribution in [2.45, 2.75) is 25.2 Å². The van der Waals surface area contributed by atoms with Crippen molar-refractivity contribution in [2.75, 3.05) is 26.7 Å². The van der Waals surface area contributed by atoms with E-state index < -0.39 is 11.8 Å². The molecule has 116 valence electrons. The summed E-state index contributed by atoms with van der Waals surface area (Å²) in [5.41, 5.74) is -0.229. The number of carbonyl (C=O) groups excluding carboxylic acids is 1. The summed E-state index contributed by atoms with van der Waals surface area (Å²) >= 11 is 0. The van der Waals surface area contributed by atoms with Gasteiger partial charge in [-0.05, 0) is 38.8 Å². The minimum Gasteiger partial charge on any atom is -0.337 e. The van der Waals surface area contributed by atoms with Crippen molar-refractivity contribution in [2.24, 2.45) is 5.92 Å². The zero-order valence-electron chi connectivity index (χ0n) is 12.3. The molecule has 1 aliphatic heterocycles. The van der Waals surface area contributed by atoms with Crippen LogP contribution in [0.15, 0.2) is 30.3 Å². The first kappa shape index (κ1) is 15.9. The monoisotopic (exact) mass is 296 g/mol. The standard InChI is InChI=1S/C16H22F2N2O/c1-19-10-7-13-8-11-20(12-9-13)15(21)16(17,18)14-5-3-2-4-6-14/h2-6,13,19H,7-12H2,1H3. The maximum atomic E-state index is 14.2. The predicted molar refractivity (Wildman–Crippen MR) is 78.2 cm³/mol. The fraction of sp³-hybridized carbons (Fsp3) is 0.562. The molecule has 0 radical (unpaired) electrons. The Morgan fingerprint density at radius 2 is 1.90 bits per heavy atom. The first-order valence-electron chi connectivity index (χ1n) is 7.43. The summed E-state index contributed by atoms with van der Waals surface area (Å²) in [5, 5.41) is 3.09. The minimum absolute atomic E-state index is 0.229. The molecule has 21 heavy (non-hydrogen) atoms. The van der Waals surface area contributed by atoms with E-state index in [1.165, 1.54) is 29.2 Å². The number of benzene rings is 1. The number of rotatable bonds is 5. The highest BCUT2D eigenvalue weighted by molar-refractivity contribution is 5.84. The van der Waals surface area contributed by atoms with Crippen molar-refractivity contribution in [3.63, 3.8) is 0 Å². The van der Waals surface area contributed by atoms with Gasteiger partial charge in [0.05, 0.1) is 0 Å². The Morgan fingerprint density at radius 3 is 2.48 bits per heavy atom. The number of halogens is 2. The van der Waals surface area contributed by atoms with Crippen LogP contribution in [-0.4, -0.2) is 37.5 Å². The van der Waals surface area contributed by atoms with Gasteiger partial charge in [-0.2, -0.15) is 8.78 Å². The summed E-state index contributed by atoms with van der Waals surface area (Å²) < 4.78 is 28.5. The molecule has 0 atom stereocenters. The van der Waals surface area contributed by atoms with Crippen LogP contribution in [0.1, 0.15) is 24.8 Å². The zero-order valence-corrected chi connectivity index (χ0v) is 12.3. The molecule has 1 N–H and O–H groups in total. The van der Waals surface area contributed by atoms with E-state index in [0.29, 0.717) is 19.0 Å². The SMILES string of the molecule is CNCCC1CCN(C(=O)C(F)(F)c2ccccc2)CC1. The lowest BCUT2D eigenvalue weighted by Gasteiger charge is -2.34. The molecular weight excluding hydrogens is 274 g/mol. The molecular formula is C16H22F2N2O. The second-order valence-electron chi connectivity index (χ2n) is 5.57. The van der Waals surface area contributed by atoms with Crippen LogP contribution in [0.5, 0.6) is 0 Å². The molecule has 0 saturated carbocycles. The van der Waals surface area contributed by atoms with E-state index in [-0.39, 0.29) is 5.56 Å². The maximum absolute atomic E-state index is 14.2. The van der Waals surface area contributed by atoms with Gasteiger partial charge < -0.3 is 10.2 Å². The molecule has 1 aliphatic rings. The molecule has 0 aromatic heterocycles. The Morgan fingerprint density at radius 1 is 1.29 bits per heavy atom. The third-order valence-electron chi connectivity index (χ3n) is 4.11. The molecule has 0 unspecified atom stereocenters. The second-order valence-corrected chi connectivity index (χ2v) is 5.57. The van der Waals surface area contributed by atoms with Crippen molar-refractivity contribution in [1.82, 2.24) is 10.2 Å². The largest absolute Gasteiger partial charge is 0.349 e. The lowest BCUT2D eigenvalue weighted by Crippen LogP contribution is -2.46. The molecule has 2 rings (SSSR count). The summed E-state index contributed by atoms with van der Waals surface area (Å²) in [6.07, 6.45) is 2.64. The van der Waals surface area contributed by atoms with Crippen LogP contribution in [0, 0.1) is 5.92 Å². The van der Waals surface area contributed by atoms with E-state index >= 15 is 0 Å². The Labute approximate surface area is 124 Å². The number of amides is 1. The van der Waals surface area contributed by atoms with E-state index in [9.17, 15) is 13.6 Å². The van der Waals surface area contributed by atoms with Gasteiger partial charge in [-0.1, -0.05) is 30.3 Å². The quantitative estimate of drug-likeness (QED) is 0.906. The molecule has 1 aromatic rings. The number of nitrogens with one attached hydrogen (secondary N) is 1. The predicted octanol–water partition coefficient (Wildman–Crippen LogP) is 2.63. The lowest BCUT2D eigenvalue weighted by molar-refractivity contribution is -0.160. The van der Waals surface area contributed by atoms with Gasteiger partial charge >= 0.3 is 5.92 Å². The van der Waals surface area contributed by atoms with Gasteiger partial charge in [0, 0.05) is 18.7 Å². The molecule has 0 bridgehead atoms. The Balaban J connectivity index is 1.95. The van der Waals surface area contributed by atoms with Crippen molar-refractivity contribution < 1.29 is 13.6 Å². The van der Waals surface area contributed by atoms with Crippen LogP contribution in [0.2, 0.25) is 0 Å². The van der Waals surface area contributed by atoms with Crippen molar-refractivity contribution in [1.29, 1.82) is 0 Å². The van der Waals surface area contributed by atoms with Crippen LogP contribution in [-0.2, 0) is 10.7 Å². The average Bonchev–Trinajstić information content (AvgIpc) is 2.53. The van der Waals surface area contributed by atoms with E-state index in [0.717, 1.165) is 25.8 Å². The smallest absolute Gasteiger partial charge is 0.337 e. The highest BCUT2D eigenvalue weighted by atomic mass is 19.3. The van der Waals surface area contributed by atoms with Gasteiger partial charge in [0.2, 0.25) is 0 Å². The number of hydrogen-bond donors (Lipinski definition) is 1. The topological polar surface area (TPSA) is 32.3 Å². The normalized spacial score (nSPS) is 17.0. The van der Waals surface area contributed by atoms with Crippen molar-refractivity contribution in [3.05, 3.63) is 35.9 Å². The maximum Gasteiger partial charge on any atom is 0.349 e. The molecule has 1 amide bonds. The molecule has 1 saturated heterocycles.